The molecule has 3 N–H and O–H groups in total. The number of nitrogens with one attached hydrogen (secondary N) is 3. The van der Waals surface area contributed by atoms with Crippen LogP contribution in [0.1, 0.15) is 233 Å². The van der Waals surface area contributed by atoms with E-state index in [1.807, 2.05) is 34.6 Å². The first-order valence-corrected chi connectivity index (χ1v) is 46.7. The molecule has 9 aliphatic heterocycles. The Morgan fingerprint density at radius 3 is 1.19 bits per heavy atom. The molecule has 0 radical (unpaired) electrons. The van der Waals surface area contributed by atoms with Crippen LogP contribution in [0.15, 0.2) is 59.7 Å². The van der Waals surface area contributed by atoms with Crippen molar-refractivity contribution >= 4 is 41.5 Å². The number of methoxy groups -OCH3 is 3. The van der Waals surface area contributed by atoms with Gasteiger partial charge >= 0.3 is 18.1 Å². The van der Waals surface area contributed by atoms with Crippen LogP contribution < -0.4 is 20.7 Å². The highest BCUT2D eigenvalue weighted by molar-refractivity contribution is 5.85. The number of hydrogen-bond donors (Lipinski definition) is 3. The summed E-state index contributed by atoms with van der Waals surface area (Å²) in [6.07, 6.45) is 22.1. The predicted octanol–water partition coefficient (Wildman–Crippen LogP) is 13.7. The van der Waals surface area contributed by atoms with Crippen LogP contribution in [0.4, 0.5) is 10.5 Å². The molecule has 124 heavy (non-hydrogen) atoms. The Labute approximate surface area is 739 Å². The zero-order chi connectivity index (χ0) is 90.6. The summed E-state index contributed by atoms with van der Waals surface area (Å²) in [7, 11) is 11.4. The number of likely N-dealkylation sites (tertiary alicyclic amines) is 3. The lowest BCUT2D eigenvalue weighted by Gasteiger charge is -2.42. The van der Waals surface area contributed by atoms with E-state index < -0.39 is 40.7 Å². The van der Waals surface area contributed by atoms with Gasteiger partial charge in [-0.25, -0.2) is 4.79 Å². The second kappa shape index (κ2) is 43.6. The molecule has 12 fully saturated rings. The molecule has 1 aromatic carbocycles. The summed E-state index contributed by atoms with van der Waals surface area (Å²) in [5, 5.41) is 20.0. The molecule has 24 atom stereocenters. The van der Waals surface area contributed by atoms with Crippen molar-refractivity contribution in [1.29, 1.82) is 0 Å². The van der Waals surface area contributed by atoms with Gasteiger partial charge in [-0.05, 0) is 234 Å². The van der Waals surface area contributed by atoms with Crippen LogP contribution in [0.25, 0.3) is 0 Å². The minimum Gasteiger partial charge on any atom is -0.460 e. The number of ether oxygens (including phenoxy) is 13. The minimum atomic E-state index is -0.879. The van der Waals surface area contributed by atoms with Crippen molar-refractivity contribution in [2.24, 2.45) is 59.2 Å². The highest BCUT2D eigenvalue weighted by atomic mass is 16.7. The molecule has 3 aliphatic carbocycles. The number of rotatable bonds is 36. The van der Waals surface area contributed by atoms with E-state index >= 15 is 0 Å². The maximum Gasteiger partial charge on any atom is 0.514 e. The van der Waals surface area contributed by atoms with E-state index in [2.05, 4.69) is 152 Å². The molecule has 28 heteroatoms. The number of epoxide rings is 6. The van der Waals surface area contributed by atoms with Crippen LogP contribution >= 0.6 is 0 Å². The molecule has 12 aliphatic rings. The zero-order valence-electron chi connectivity index (χ0n) is 79.0. The molecule has 9 saturated heterocycles. The van der Waals surface area contributed by atoms with Crippen molar-refractivity contribution in [3.05, 3.63) is 69.8 Å². The van der Waals surface area contributed by atoms with E-state index in [4.69, 9.17) is 61.6 Å². The van der Waals surface area contributed by atoms with Gasteiger partial charge < -0.3 is 92.2 Å². The Balaban J connectivity index is 0.000000179. The van der Waals surface area contributed by atoms with Crippen LogP contribution in [0.2, 0.25) is 0 Å². The van der Waals surface area contributed by atoms with E-state index in [0.717, 1.165) is 71.0 Å². The first-order valence-electron chi connectivity index (χ1n) is 46.7. The molecule has 700 valence electrons. The number of carbonyl (C=O) groups is 6. The second-order valence-electron chi connectivity index (χ2n) is 40.2. The number of allylic oxidation sites excluding steroid dienone is 3. The maximum absolute atomic E-state index is 13.2. The average molecular weight is 1740 g/mol. The van der Waals surface area contributed by atoms with E-state index in [1.165, 1.54) is 80.5 Å². The monoisotopic (exact) mass is 1740 g/mol. The van der Waals surface area contributed by atoms with E-state index in [0.29, 0.717) is 82.1 Å². The predicted molar refractivity (Wildman–Crippen MR) is 472 cm³/mol. The van der Waals surface area contributed by atoms with Crippen LogP contribution in [-0.2, 0) is 80.8 Å². The fourth-order valence-electron chi connectivity index (χ4n) is 20.9. The summed E-state index contributed by atoms with van der Waals surface area (Å²) in [6.45, 7) is 40.7. The highest BCUT2D eigenvalue weighted by Crippen LogP contribution is 2.63. The van der Waals surface area contributed by atoms with Crippen molar-refractivity contribution in [3.8, 4) is 5.75 Å². The SMILES string of the molecule is CC(C)[C@H](C)C(=O)NCCC1CCCN1C.CO[C@@H]1[C@H](OC(=O)C[C@@H](C(=O)NCCC2CCCN2C)C(C)C)CC[C@]2(CO2)[C@H]1[C@@]1(C)O[C@@H]1CC=C(C)C.CO[C@H]1C([C@]2(C)O[C@@H]2/C=C/C(C)C)[C@]2(CC[C@H]1OC(=O)Oc1ccc([N+](=O)[O-])cc1)CO2.CO[C@H]1C([C@]2(C)O[C@@H]2CC=C(C)C)[C@]2(CC[C@H]1OC(=O)C[C@@H](C(=O)NCCC1CCCN1C)C(C)C)CO2. The molecule has 3 amide bonds. The van der Waals surface area contributed by atoms with Crippen LogP contribution in [0, 0.1) is 69.3 Å². The molecule has 3 spiro atoms. The lowest BCUT2D eigenvalue weighted by Crippen LogP contribution is -2.55. The minimum absolute atomic E-state index is 0.0139. The quantitative estimate of drug-likeness (QED) is 0.0107. The van der Waals surface area contributed by atoms with Crippen molar-refractivity contribution < 1.29 is 95.3 Å². The van der Waals surface area contributed by atoms with Crippen molar-refractivity contribution in [3.63, 3.8) is 0 Å². The van der Waals surface area contributed by atoms with Gasteiger partial charge in [0.2, 0.25) is 17.7 Å². The van der Waals surface area contributed by atoms with Gasteiger partial charge in [0.05, 0.1) is 79.4 Å². The summed E-state index contributed by atoms with van der Waals surface area (Å²) in [4.78, 5) is 93.9. The lowest BCUT2D eigenvalue weighted by molar-refractivity contribution is -0.384. The van der Waals surface area contributed by atoms with Gasteiger partial charge in [-0.3, -0.25) is 34.1 Å². The molecule has 0 aromatic heterocycles. The van der Waals surface area contributed by atoms with Crippen molar-refractivity contribution in [1.82, 2.24) is 30.7 Å². The molecular formula is C96H155N7O21. The van der Waals surface area contributed by atoms with Gasteiger partial charge in [-0.2, -0.15) is 0 Å². The number of esters is 2. The summed E-state index contributed by atoms with van der Waals surface area (Å²) in [5.74, 6) is -0.351. The number of amides is 3. The lowest BCUT2D eigenvalue weighted by atomic mass is 9.68. The molecular weight excluding hydrogens is 1590 g/mol. The number of non-ortho nitro benzene ring substituents is 1. The third-order valence-electron chi connectivity index (χ3n) is 29.4. The van der Waals surface area contributed by atoms with Gasteiger partial charge in [0.15, 0.2) is 0 Å². The fraction of sp³-hybridized carbons (Fsp3) is 0.812. The largest absolute Gasteiger partial charge is 0.514 e. The number of nitro benzene ring substituents is 1. The van der Waals surface area contributed by atoms with Crippen molar-refractivity contribution in [2.75, 3.05) is 102 Å². The van der Waals surface area contributed by atoms with Crippen LogP contribution in [0.3, 0.4) is 0 Å². The average Bonchev–Trinajstić information content (AvgIpc) is 1.54. The van der Waals surface area contributed by atoms with E-state index in [-0.39, 0.29) is 160 Å². The Bertz CT molecular complexity index is 3660. The fourth-order valence-corrected chi connectivity index (χ4v) is 20.9. The maximum atomic E-state index is 13.2. The number of carbonyl (C=O) groups excluding carboxylic acids is 6. The Hall–Kier alpha value is -6.02. The molecule has 0 bridgehead atoms. The summed E-state index contributed by atoms with van der Waals surface area (Å²) in [5.41, 5.74) is 0.405. The smallest absolute Gasteiger partial charge is 0.460 e. The Morgan fingerprint density at radius 2 is 0.879 bits per heavy atom. The first-order chi connectivity index (χ1) is 58.7. The number of hydrogen-bond acceptors (Lipinski definition) is 24. The van der Waals surface area contributed by atoms with Gasteiger partial charge in [-0.1, -0.05) is 97.8 Å². The standard InChI is InChI=1S/2C30H50N2O6.C23H29NO8.C13H26N2O/c2*1-19(2)10-11-24-29(5,38-24)27-26(35-7)23(12-14-30(27)18-36-30)37-25(33)17-22(20(3)4)28(34)31-15-13-21-9-8-16-32(21)6;1-14(2)5-10-18-22(3,32-18)20-19(28-4)17(11-12-23(20)13-29-23)31-21(25)30-16-8-6-15(7-9-16)24(26)27;1-10(2)11(3)13(16)14-8-7-12-6-5-9-15(12)4/h2*10,20-24,26-27H,8-9,11-18H2,1-7H3,(H,31,34);5-10,14,17-20H,11-13H2,1-4H3;10-12H,5-9H2,1-4H3,(H,14,16)/b;;10-5+;/t21?,22-,23-,24-,26-,27?,29-,30+;21?,22-,23-,24-,26-,27-,29+,30+;17-,18-,19-,20?,22-,23+;11-,12?/m1110/s1. The number of nitro groups is 1. The summed E-state index contributed by atoms with van der Waals surface area (Å²) >= 11 is 0. The molecule has 3 saturated carbocycles. The Morgan fingerprint density at radius 1 is 0.516 bits per heavy atom. The van der Waals surface area contributed by atoms with Crippen LogP contribution in [-0.4, -0.2) is 264 Å². The van der Waals surface area contributed by atoms with Gasteiger partial charge in [0, 0.05) is 77.1 Å². The molecule has 28 nitrogen and oxygen atoms in total. The van der Waals surface area contributed by atoms with E-state index in [9.17, 15) is 38.9 Å². The summed E-state index contributed by atoms with van der Waals surface area (Å²) in [6, 6.07) is 6.97. The topological polar surface area (TPSA) is 331 Å². The molecule has 1 aromatic rings. The number of nitrogens with zero attached hydrogens (tertiary/aromatic N) is 4. The van der Waals surface area contributed by atoms with Gasteiger partial charge in [0.25, 0.3) is 5.69 Å². The second-order valence-corrected chi connectivity index (χ2v) is 40.2. The third-order valence-corrected chi connectivity index (χ3v) is 29.4. The van der Waals surface area contributed by atoms with Gasteiger partial charge in [-0.15, -0.1) is 0 Å². The van der Waals surface area contributed by atoms with Crippen molar-refractivity contribution in [2.45, 2.75) is 339 Å². The summed E-state index contributed by atoms with van der Waals surface area (Å²) < 4.78 is 77.4. The molecule has 5 unspecified atom stereocenters. The highest BCUT2D eigenvalue weighted by Gasteiger charge is 2.75. The van der Waals surface area contributed by atoms with Crippen LogP contribution in [0.5, 0.6) is 5.75 Å². The number of benzene rings is 1. The zero-order valence-corrected chi connectivity index (χ0v) is 79.0. The molecule has 9 heterocycles. The normalized spacial score (nSPS) is 35.1. The first kappa shape index (κ1) is 100. The third kappa shape index (κ3) is 25.5. The van der Waals surface area contributed by atoms with Gasteiger partial charge in [0.1, 0.15) is 82.1 Å². The Kier molecular flexibility index (Phi) is 35.2. The molecule has 13 rings (SSSR count). The van der Waals surface area contributed by atoms with E-state index in [1.54, 1.807) is 21.3 Å².